The Labute approximate surface area is 167 Å². The Bertz CT molecular complexity index is 899. The highest BCUT2D eigenvalue weighted by atomic mass is 32.2. The Morgan fingerprint density at radius 3 is 2.39 bits per heavy atom. The van der Waals surface area contributed by atoms with Crippen LogP contribution < -0.4 is 15.0 Å². The molecular weight excluding hydrogens is 378 g/mol. The van der Waals surface area contributed by atoms with E-state index in [0.29, 0.717) is 5.69 Å². The fourth-order valence-corrected chi connectivity index (χ4v) is 3.86. The van der Waals surface area contributed by atoms with Crippen LogP contribution in [-0.4, -0.2) is 52.9 Å². The van der Waals surface area contributed by atoms with Crippen LogP contribution >= 0.6 is 0 Å². The largest absolute Gasteiger partial charge is 0.495 e. The van der Waals surface area contributed by atoms with Crippen molar-refractivity contribution < 1.29 is 22.8 Å². The maximum atomic E-state index is 12.5. The summed E-state index contributed by atoms with van der Waals surface area (Å²) in [7, 11) is 0.618. The van der Waals surface area contributed by atoms with Crippen LogP contribution in [0.3, 0.4) is 0 Å². The molecule has 0 spiro atoms. The first-order valence-corrected chi connectivity index (χ1v) is 10.5. The van der Waals surface area contributed by atoms with Crippen molar-refractivity contribution in [1.29, 1.82) is 0 Å². The van der Waals surface area contributed by atoms with Crippen LogP contribution in [0.1, 0.15) is 12.5 Å². The zero-order valence-corrected chi connectivity index (χ0v) is 17.5. The van der Waals surface area contributed by atoms with Crippen molar-refractivity contribution in [3.05, 3.63) is 54.1 Å². The van der Waals surface area contributed by atoms with Crippen molar-refractivity contribution in [3.8, 4) is 5.75 Å². The third kappa shape index (κ3) is 5.54. The summed E-state index contributed by atoms with van der Waals surface area (Å²) in [5.74, 6) is 0.0581. The molecule has 1 amide bonds. The van der Waals surface area contributed by atoms with Crippen LogP contribution in [0.5, 0.6) is 5.75 Å². The van der Waals surface area contributed by atoms with E-state index in [4.69, 9.17) is 4.74 Å². The smallest absolute Gasteiger partial charge is 0.279 e. The van der Waals surface area contributed by atoms with Gasteiger partial charge in [0.05, 0.1) is 13.7 Å². The first-order chi connectivity index (χ1) is 13.3. The Balaban J connectivity index is 2.13. The third-order valence-electron chi connectivity index (χ3n) is 4.41. The molecule has 0 saturated heterocycles. The van der Waals surface area contributed by atoms with Crippen LogP contribution in [0.2, 0.25) is 0 Å². The van der Waals surface area contributed by atoms with Gasteiger partial charge in [-0.05, 0) is 25.1 Å². The number of sulfonamides is 1. The van der Waals surface area contributed by atoms with Crippen molar-refractivity contribution in [2.75, 3.05) is 39.6 Å². The number of benzene rings is 2. The van der Waals surface area contributed by atoms with Crippen molar-refractivity contribution >= 4 is 21.6 Å². The topological polar surface area (TPSA) is 80.1 Å². The van der Waals surface area contributed by atoms with Crippen LogP contribution in [0, 0.1) is 0 Å². The number of quaternary nitrogens is 1. The van der Waals surface area contributed by atoms with E-state index < -0.39 is 10.0 Å². The number of carbonyl (C=O) groups is 1. The summed E-state index contributed by atoms with van der Waals surface area (Å²) in [4.78, 5) is 13.6. The number of likely N-dealkylation sites (N-methyl/N-ethyl adjacent to an activating group) is 1. The van der Waals surface area contributed by atoms with E-state index in [9.17, 15) is 13.2 Å². The molecule has 2 N–H and O–H groups in total. The molecule has 0 saturated carbocycles. The predicted molar refractivity (Wildman–Crippen MR) is 109 cm³/mol. The normalized spacial score (nSPS) is 12.6. The Morgan fingerprint density at radius 2 is 1.82 bits per heavy atom. The molecule has 0 heterocycles. The van der Waals surface area contributed by atoms with E-state index in [1.165, 1.54) is 27.3 Å². The van der Waals surface area contributed by atoms with Gasteiger partial charge in [0.25, 0.3) is 5.91 Å². The Morgan fingerprint density at radius 1 is 1.14 bits per heavy atom. The molecule has 2 rings (SSSR count). The van der Waals surface area contributed by atoms with Gasteiger partial charge < -0.3 is 15.0 Å². The maximum absolute atomic E-state index is 12.5. The van der Waals surface area contributed by atoms with Crippen LogP contribution in [0.4, 0.5) is 5.69 Å². The van der Waals surface area contributed by atoms with E-state index in [2.05, 4.69) is 5.32 Å². The van der Waals surface area contributed by atoms with Gasteiger partial charge in [0.2, 0.25) is 10.0 Å². The average molecular weight is 407 g/mol. The van der Waals surface area contributed by atoms with Crippen molar-refractivity contribution in [3.63, 3.8) is 0 Å². The molecule has 2 aromatic carbocycles. The van der Waals surface area contributed by atoms with Crippen LogP contribution in [-0.2, 0) is 21.4 Å². The predicted octanol–water partition coefficient (Wildman–Crippen LogP) is 0.989. The molecule has 0 aliphatic heterocycles. The molecule has 0 aromatic heterocycles. The van der Waals surface area contributed by atoms with Gasteiger partial charge in [-0.3, -0.25) is 4.79 Å². The van der Waals surface area contributed by atoms with Crippen molar-refractivity contribution in [2.45, 2.75) is 18.4 Å². The van der Waals surface area contributed by atoms with E-state index in [0.717, 1.165) is 27.9 Å². The highest BCUT2D eigenvalue weighted by Gasteiger charge is 2.23. The summed E-state index contributed by atoms with van der Waals surface area (Å²) >= 11 is 0. The fraction of sp³-hybridized carbons (Fsp3) is 0.350. The summed E-state index contributed by atoms with van der Waals surface area (Å²) in [6.07, 6.45) is 0. The van der Waals surface area contributed by atoms with E-state index in [1.807, 2.05) is 37.3 Å². The number of hydrogen-bond acceptors (Lipinski definition) is 4. The van der Waals surface area contributed by atoms with Gasteiger partial charge in [0.1, 0.15) is 17.2 Å². The Kier molecular flexibility index (Phi) is 7.56. The lowest BCUT2D eigenvalue weighted by Crippen LogP contribution is -3.11. The standard InChI is InChI=1S/C20H27N3O4S/c1-5-23(14-16-9-7-6-8-10-16)15-20(24)21-17-11-12-18(27-4)19(13-17)28(25,26)22(2)3/h6-13H,5,14-15H2,1-4H3,(H,21,24)/p+1. The number of rotatable bonds is 9. The molecule has 0 aliphatic carbocycles. The lowest BCUT2D eigenvalue weighted by atomic mass is 10.2. The zero-order chi connectivity index (χ0) is 20.7. The molecule has 0 fully saturated rings. The molecule has 0 bridgehead atoms. The number of hydrogen-bond donors (Lipinski definition) is 2. The molecule has 2 aromatic rings. The summed E-state index contributed by atoms with van der Waals surface area (Å²) in [6.45, 7) is 3.85. The Hall–Kier alpha value is -2.42. The lowest BCUT2D eigenvalue weighted by Gasteiger charge is -2.18. The number of amides is 1. The molecule has 152 valence electrons. The molecule has 7 nitrogen and oxygen atoms in total. The second-order valence-electron chi connectivity index (χ2n) is 6.64. The monoisotopic (exact) mass is 406 g/mol. The second-order valence-corrected chi connectivity index (χ2v) is 8.76. The van der Waals surface area contributed by atoms with Crippen LogP contribution in [0.25, 0.3) is 0 Å². The van der Waals surface area contributed by atoms with Gasteiger partial charge in [0.15, 0.2) is 6.54 Å². The molecule has 1 unspecified atom stereocenters. The third-order valence-corrected chi connectivity index (χ3v) is 6.25. The van der Waals surface area contributed by atoms with Crippen LogP contribution in [0.15, 0.2) is 53.4 Å². The summed E-state index contributed by atoms with van der Waals surface area (Å²) < 4.78 is 31.3. The summed E-state index contributed by atoms with van der Waals surface area (Å²) in [5.41, 5.74) is 1.58. The molecule has 0 radical (unpaired) electrons. The van der Waals surface area contributed by atoms with E-state index in [1.54, 1.807) is 12.1 Å². The maximum Gasteiger partial charge on any atom is 0.279 e. The van der Waals surface area contributed by atoms with Gasteiger partial charge >= 0.3 is 0 Å². The summed E-state index contributed by atoms with van der Waals surface area (Å²) in [5, 5.41) is 2.80. The molecular formula is C20H28N3O4S+. The van der Waals surface area contributed by atoms with Crippen molar-refractivity contribution in [2.24, 2.45) is 0 Å². The second kappa shape index (κ2) is 9.68. The van der Waals surface area contributed by atoms with Gasteiger partial charge in [-0.1, -0.05) is 30.3 Å². The SMILES string of the molecule is CC[NH+](CC(=O)Nc1ccc(OC)c(S(=O)(=O)N(C)C)c1)Cc1ccccc1. The first kappa shape index (κ1) is 21.9. The minimum atomic E-state index is -3.69. The quantitative estimate of drug-likeness (QED) is 0.651. The molecule has 1 atom stereocenters. The number of ether oxygens (including phenoxy) is 1. The number of carbonyl (C=O) groups excluding carboxylic acids is 1. The lowest BCUT2D eigenvalue weighted by molar-refractivity contribution is -0.903. The van der Waals surface area contributed by atoms with E-state index >= 15 is 0 Å². The number of methoxy groups -OCH3 is 1. The molecule has 0 aliphatic rings. The highest BCUT2D eigenvalue weighted by Crippen LogP contribution is 2.28. The zero-order valence-electron chi connectivity index (χ0n) is 16.7. The minimum absolute atomic E-state index is 0.0155. The number of nitrogens with zero attached hydrogens (tertiary/aromatic N) is 1. The molecule has 28 heavy (non-hydrogen) atoms. The molecule has 8 heteroatoms. The van der Waals surface area contributed by atoms with Gasteiger partial charge in [0, 0.05) is 25.3 Å². The average Bonchev–Trinajstić information content (AvgIpc) is 2.68. The van der Waals surface area contributed by atoms with Crippen molar-refractivity contribution in [1.82, 2.24) is 4.31 Å². The summed E-state index contributed by atoms with van der Waals surface area (Å²) in [6, 6.07) is 14.6. The number of nitrogens with one attached hydrogen (secondary N) is 2. The fourth-order valence-electron chi connectivity index (χ4n) is 2.78. The first-order valence-electron chi connectivity index (χ1n) is 9.05. The van der Waals surface area contributed by atoms with Gasteiger partial charge in [-0.25, -0.2) is 12.7 Å². The number of anilines is 1. The van der Waals surface area contributed by atoms with Gasteiger partial charge in [-0.15, -0.1) is 0 Å². The highest BCUT2D eigenvalue weighted by molar-refractivity contribution is 7.89. The minimum Gasteiger partial charge on any atom is -0.495 e. The van der Waals surface area contributed by atoms with Gasteiger partial charge in [-0.2, -0.15) is 0 Å². The van der Waals surface area contributed by atoms with E-state index in [-0.39, 0.29) is 23.1 Å².